The molecule has 2 N–H and O–H groups in total. The summed E-state index contributed by atoms with van der Waals surface area (Å²) in [6, 6.07) is 9.18. The van der Waals surface area contributed by atoms with Gasteiger partial charge in [0.25, 0.3) is 0 Å². The van der Waals surface area contributed by atoms with E-state index in [1.165, 1.54) is 0 Å². The van der Waals surface area contributed by atoms with E-state index in [2.05, 4.69) is 11.2 Å². The first-order chi connectivity index (χ1) is 8.60. The monoisotopic (exact) mass is 242 g/mol. The first-order valence-electron chi connectivity index (χ1n) is 5.53. The van der Waals surface area contributed by atoms with Crippen molar-refractivity contribution in [3.63, 3.8) is 0 Å². The molecule has 0 radical (unpaired) electrons. The van der Waals surface area contributed by atoms with Gasteiger partial charge in [-0.15, -0.1) is 0 Å². The average Bonchev–Trinajstić information content (AvgIpc) is 2.75. The van der Waals surface area contributed by atoms with Crippen LogP contribution in [0, 0.1) is 18.3 Å². The first kappa shape index (κ1) is 12.0. The van der Waals surface area contributed by atoms with E-state index in [0.29, 0.717) is 17.8 Å². The van der Waals surface area contributed by atoms with Crippen LogP contribution >= 0.6 is 0 Å². The van der Waals surface area contributed by atoms with E-state index in [0.717, 1.165) is 17.1 Å². The topological polar surface area (TPSA) is 79.1 Å². The van der Waals surface area contributed by atoms with Crippen molar-refractivity contribution in [3.05, 3.63) is 41.3 Å². The molecular weight excluding hydrogens is 228 g/mol. The minimum Gasteiger partial charge on any atom is -0.397 e. The number of rotatable bonds is 3. The van der Waals surface area contributed by atoms with E-state index in [1.807, 2.05) is 24.9 Å². The molecule has 0 bridgehead atoms. The van der Waals surface area contributed by atoms with Gasteiger partial charge in [-0.1, -0.05) is 5.16 Å². The van der Waals surface area contributed by atoms with Crippen LogP contribution in [0.15, 0.2) is 28.8 Å². The summed E-state index contributed by atoms with van der Waals surface area (Å²) in [4.78, 5) is 1.94. The summed E-state index contributed by atoms with van der Waals surface area (Å²) in [5.41, 5.74) is 8.78. The molecule has 5 nitrogen and oxygen atoms in total. The molecule has 0 aliphatic heterocycles. The zero-order chi connectivity index (χ0) is 13.1. The number of nitriles is 1. The Bertz CT molecular complexity index is 597. The van der Waals surface area contributed by atoms with Gasteiger partial charge in [0.1, 0.15) is 11.5 Å². The summed E-state index contributed by atoms with van der Waals surface area (Å²) in [5, 5.41) is 12.8. The Hall–Kier alpha value is -2.48. The number of hydrogen-bond acceptors (Lipinski definition) is 5. The highest BCUT2D eigenvalue weighted by molar-refractivity contribution is 5.69. The SMILES string of the molecule is Cc1cc(CN(C)c2cc(C#N)ccc2N)no1. The number of hydrogen-bond donors (Lipinski definition) is 1. The van der Waals surface area contributed by atoms with Crippen molar-refractivity contribution in [3.8, 4) is 6.07 Å². The van der Waals surface area contributed by atoms with E-state index < -0.39 is 0 Å². The molecule has 92 valence electrons. The van der Waals surface area contributed by atoms with Gasteiger partial charge in [-0.2, -0.15) is 5.26 Å². The van der Waals surface area contributed by atoms with E-state index in [4.69, 9.17) is 15.5 Å². The van der Waals surface area contributed by atoms with Gasteiger partial charge in [0.15, 0.2) is 0 Å². The van der Waals surface area contributed by atoms with Gasteiger partial charge in [-0.05, 0) is 25.1 Å². The van der Waals surface area contributed by atoms with Gasteiger partial charge in [0.05, 0.1) is 29.6 Å². The van der Waals surface area contributed by atoms with Crippen molar-refractivity contribution in [1.82, 2.24) is 5.16 Å². The molecule has 1 aromatic carbocycles. The molecule has 0 unspecified atom stereocenters. The van der Waals surface area contributed by atoms with Crippen molar-refractivity contribution in [2.45, 2.75) is 13.5 Å². The van der Waals surface area contributed by atoms with Crippen LogP contribution in [0.5, 0.6) is 0 Å². The van der Waals surface area contributed by atoms with Gasteiger partial charge in [-0.3, -0.25) is 0 Å². The van der Waals surface area contributed by atoms with Crippen molar-refractivity contribution in [2.24, 2.45) is 0 Å². The van der Waals surface area contributed by atoms with Crippen molar-refractivity contribution < 1.29 is 4.52 Å². The van der Waals surface area contributed by atoms with Gasteiger partial charge in [-0.25, -0.2) is 0 Å². The lowest BCUT2D eigenvalue weighted by atomic mass is 10.1. The summed E-state index contributed by atoms with van der Waals surface area (Å²) >= 11 is 0. The van der Waals surface area contributed by atoms with Gasteiger partial charge >= 0.3 is 0 Å². The van der Waals surface area contributed by atoms with Crippen LogP contribution in [0.25, 0.3) is 0 Å². The lowest BCUT2D eigenvalue weighted by molar-refractivity contribution is 0.390. The highest BCUT2D eigenvalue weighted by Gasteiger charge is 2.09. The van der Waals surface area contributed by atoms with Crippen LogP contribution < -0.4 is 10.6 Å². The Labute approximate surface area is 105 Å². The Balaban J connectivity index is 2.23. The number of anilines is 2. The zero-order valence-electron chi connectivity index (χ0n) is 10.3. The molecule has 0 saturated heterocycles. The lowest BCUT2D eigenvalue weighted by Gasteiger charge is -2.19. The lowest BCUT2D eigenvalue weighted by Crippen LogP contribution is -2.18. The molecule has 0 saturated carbocycles. The molecule has 0 fully saturated rings. The number of nitrogens with zero attached hydrogens (tertiary/aromatic N) is 3. The second-order valence-corrected chi connectivity index (χ2v) is 4.17. The maximum atomic E-state index is 8.89. The maximum absolute atomic E-state index is 8.89. The van der Waals surface area contributed by atoms with E-state index in [-0.39, 0.29) is 0 Å². The Morgan fingerprint density at radius 2 is 2.22 bits per heavy atom. The second-order valence-electron chi connectivity index (χ2n) is 4.17. The van der Waals surface area contributed by atoms with Gasteiger partial charge < -0.3 is 15.2 Å². The summed E-state index contributed by atoms with van der Waals surface area (Å²) in [6.45, 7) is 2.43. The smallest absolute Gasteiger partial charge is 0.133 e. The Kier molecular flexibility index (Phi) is 3.20. The molecule has 0 atom stereocenters. The summed E-state index contributed by atoms with van der Waals surface area (Å²) < 4.78 is 5.02. The number of aromatic nitrogens is 1. The van der Waals surface area contributed by atoms with Gasteiger partial charge in [0.2, 0.25) is 0 Å². The Morgan fingerprint density at radius 1 is 1.44 bits per heavy atom. The predicted octanol–water partition coefficient (Wildman–Crippen LogP) is 2.07. The van der Waals surface area contributed by atoms with Crippen molar-refractivity contribution >= 4 is 11.4 Å². The molecule has 2 rings (SSSR count). The van der Waals surface area contributed by atoms with Crippen LogP contribution in [0.3, 0.4) is 0 Å². The quantitative estimate of drug-likeness (QED) is 0.833. The standard InChI is InChI=1S/C13H14N4O/c1-9-5-11(16-18-9)8-17(2)13-6-10(7-14)3-4-12(13)15/h3-6H,8,15H2,1-2H3. The summed E-state index contributed by atoms with van der Waals surface area (Å²) in [7, 11) is 1.90. The molecule has 0 aliphatic carbocycles. The van der Waals surface area contributed by atoms with Crippen LogP contribution in [0.2, 0.25) is 0 Å². The fraction of sp³-hybridized carbons (Fsp3) is 0.231. The van der Waals surface area contributed by atoms with E-state index >= 15 is 0 Å². The normalized spacial score (nSPS) is 10.1. The molecule has 1 aromatic heterocycles. The third-order valence-electron chi connectivity index (χ3n) is 2.65. The fourth-order valence-electron chi connectivity index (χ4n) is 1.76. The maximum Gasteiger partial charge on any atom is 0.133 e. The zero-order valence-corrected chi connectivity index (χ0v) is 10.3. The second kappa shape index (κ2) is 4.80. The molecule has 1 heterocycles. The van der Waals surface area contributed by atoms with E-state index in [1.54, 1.807) is 18.2 Å². The third-order valence-corrected chi connectivity index (χ3v) is 2.65. The molecule has 0 amide bonds. The van der Waals surface area contributed by atoms with Crippen molar-refractivity contribution in [2.75, 3.05) is 17.7 Å². The average molecular weight is 242 g/mol. The molecular formula is C13H14N4O. The fourth-order valence-corrected chi connectivity index (χ4v) is 1.76. The van der Waals surface area contributed by atoms with E-state index in [9.17, 15) is 0 Å². The molecule has 18 heavy (non-hydrogen) atoms. The number of aryl methyl sites for hydroxylation is 1. The molecule has 5 heteroatoms. The minimum atomic E-state index is 0.580. The first-order valence-corrected chi connectivity index (χ1v) is 5.53. The van der Waals surface area contributed by atoms with Gasteiger partial charge in [0, 0.05) is 13.1 Å². The highest BCUT2D eigenvalue weighted by atomic mass is 16.5. The predicted molar refractivity (Wildman–Crippen MR) is 68.9 cm³/mol. The van der Waals surface area contributed by atoms with Crippen LogP contribution in [0.1, 0.15) is 17.0 Å². The van der Waals surface area contributed by atoms with Crippen LogP contribution in [0.4, 0.5) is 11.4 Å². The number of benzene rings is 1. The summed E-state index contributed by atoms with van der Waals surface area (Å²) in [6.07, 6.45) is 0. The molecule has 2 aromatic rings. The molecule has 0 aliphatic rings. The number of nitrogens with two attached hydrogens (primary N) is 1. The highest BCUT2D eigenvalue weighted by Crippen LogP contribution is 2.24. The summed E-state index contributed by atoms with van der Waals surface area (Å²) in [5.74, 6) is 0.775. The third kappa shape index (κ3) is 2.43. The number of nitrogen functional groups attached to an aromatic ring is 1. The van der Waals surface area contributed by atoms with Crippen LogP contribution in [-0.2, 0) is 6.54 Å². The van der Waals surface area contributed by atoms with Crippen LogP contribution in [-0.4, -0.2) is 12.2 Å². The molecule has 0 spiro atoms. The van der Waals surface area contributed by atoms with Crippen molar-refractivity contribution in [1.29, 1.82) is 5.26 Å². The minimum absolute atomic E-state index is 0.580. The largest absolute Gasteiger partial charge is 0.397 e. The Morgan fingerprint density at radius 3 is 2.83 bits per heavy atom.